The minimum Gasteiger partial charge on any atom is -0.352 e. The zero-order valence-electron chi connectivity index (χ0n) is 26.7. The summed E-state index contributed by atoms with van der Waals surface area (Å²) in [5.74, 6) is -0.937. The van der Waals surface area contributed by atoms with Crippen molar-refractivity contribution in [3.63, 3.8) is 0 Å². The maximum atomic E-state index is 14.6. The highest BCUT2D eigenvalue weighted by atomic mass is 35.5. The molecule has 0 unspecified atom stereocenters. The van der Waals surface area contributed by atoms with E-state index in [9.17, 15) is 18.0 Å². The van der Waals surface area contributed by atoms with E-state index in [2.05, 4.69) is 5.32 Å². The average Bonchev–Trinajstić information content (AvgIpc) is 3.04. The van der Waals surface area contributed by atoms with E-state index in [0.717, 1.165) is 15.4 Å². The first-order valence-electron chi connectivity index (χ1n) is 15.2. The monoisotopic (exact) mass is 713 g/mol. The Kier molecular flexibility index (Phi) is 12.4. The molecule has 248 valence electrons. The summed E-state index contributed by atoms with van der Waals surface area (Å²) < 4.78 is 29.6. The number of benzene rings is 4. The predicted octanol–water partition coefficient (Wildman–Crippen LogP) is 8.01. The van der Waals surface area contributed by atoms with Gasteiger partial charge in [-0.2, -0.15) is 0 Å². The third-order valence-corrected chi connectivity index (χ3v) is 10.7. The zero-order chi connectivity index (χ0) is 34.3. The molecule has 47 heavy (non-hydrogen) atoms. The van der Waals surface area contributed by atoms with E-state index in [0.29, 0.717) is 38.3 Å². The van der Waals surface area contributed by atoms with Gasteiger partial charge in [0.25, 0.3) is 10.0 Å². The smallest absolute Gasteiger partial charge is 0.264 e. The summed E-state index contributed by atoms with van der Waals surface area (Å²) in [7, 11) is -4.24. The Hall–Kier alpha value is -3.56. The van der Waals surface area contributed by atoms with Crippen molar-refractivity contribution in [2.45, 2.75) is 64.1 Å². The first-order chi connectivity index (χ1) is 22.3. The maximum absolute atomic E-state index is 14.6. The highest BCUT2D eigenvalue weighted by Gasteiger charge is 2.35. The molecule has 2 atom stereocenters. The Labute approximate surface area is 292 Å². The quantitative estimate of drug-likeness (QED) is 0.152. The first kappa shape index (κ1) is 36.3. The van der Waals surface area contributed by atoms with Crippen molar-refractivity contribution in [1.82, 2.24) is 10.2 Å². The van der Waals surface area contributed by atoms with Crippen LogP contribution in [0.15, 0.2) is 95.9 Å². The summed E-state index contributed by atoms with van der Waals surface area (Å²) in [5, 5.41) is 4.09. The summed E-state index contributed by atoms with van der Waals surface area (Å²) >= 11 is 18.8. The average molecular weight is 715 g/mol. The molecule has 0 aliphatic rings. The summed E-state index contributed by atoms with van der Waals surface area (Å²) in [4.78, 5) is 30.1. The van der Waals surface area contributed by atoms with Gasteiger partial charge in [0.15, 0.2) is 0 Å². The number of carbonyl (C=O) groups excluding carboxylic acids is 2. The molecule has 0 fully saturated rings. The van der Waals surface area contributed by atoms with Crippen LogP contribution in [0.1, 0.15) is 42.5 Å². The molecule has 1 N–H and O–H groups in total. The molecule has 0 heterocycles. The minimum absolute atomic E-state index is 0.0247. The van der Waals surface area contributed by atoms with Crippen molar-refractivity contribution in [1.29, 1.82) is 0 Å². The number of nitrogens with zero attached hydrogens (tertiary/aromatic N) is 2. The lowest BCUT2D eigenvalue weighted by molar-refractivity contribution is -0.140. The van der Waals surface area contributed by atoms with Gasteiger partial charge >= 0.3 is 0 Å². The van der Waals surface area contributed by atoms with Crippen LogP contribution in [0.2, 0.25) is 15.1 Å². The van der Waals surface area contributed by atoms with Crippen LogP contribution in [0.5, 0.6) is 0 Å². The van der Waals surface area contributed by atoms with Gasteiger partial charge in [-0.1, -0.05) is 95.8 Å². The van der Waals surface area contributed by atoms with E-state index in [1.165, 1.54) is 17.0 Å². The lowest BCUT2D eigenvalue weighted by Crippen LogP contribution is -2.54. The summed E-state index contributed by atoms with van der Waals surface area (Å²) in [6.45, 7) is 6.83. The molecule has 7 nitrogen and oxygen atoms in total. The van der Waals surface area contributed by atoms with Crippen LogP contribution in [-0.4, -0.2) is 43.8 Å². The van der Waals surface area contributed by atoms with Crippen molar-refractivity contribution < 1.29 is 18.0 Å². The minimum atomic E-state index is -4.24. The Balaban J connectivity index is 1.85. The van der Waals surface area contributed by atoms with Crippen LogP contribution in [0, 0.1) is 13.8 Å². The van der Waals surface area contributed by atoms with Crippen LogP contribution in [0.25, 0.3) is 0 Å². The summed E-state index contributed by atoms with van der Waals surface area (Å²) in [6, 6.07) is 24.5. The van der Waals surface area contributed by atoms with E-state index < -0.39 is 28.5 Å². The van der Waals surface area contributed by atoms with Gasteiger partial charge in [0, 0.05) is 24.0 Å². The van der Waals surface area contributed by atoms with Gasteiger partial charge in [-0.3, -0.25) is 13.9 Å². The van der Waals surface area contributed by atoms with E-state index in [1.54, 1.807) is 55.5 Å². The second-order valence-corrected chi connectivity index (χ2v) is 14.7. The highest BCUT2D eigenvalue weighted by molar-refractivity contribution is 7.92. The lowest BCUT2D eigenvalue weighted by Gasteiger charge is -2.34. The molecule has 4 rings (SSSR count). The fourth-order valence-corrected chi connectivity index (χ4v) is 7.11. The van der Waals surface area contributed by atoms with E-state index >= 15 is 0 Å². The van der Waals surface area contributed by atoms with Crippen molar-refractivity contribution in [3.8, 4) is 0 Å². The number of rotatable bonds is 13. The second kappa shape index (κ2) is 16.0. The van der Waals surface area contributed by atoms with Crippen LogP contribution in [0.4, 0.5) is 5.69 Å². The topological polar surface area (TPSA) is 86.8 Å². The largest absolute Gasteiger partial charge is 0.352 e. The SMILES string of the molecule is CC[C@@H](C)NC(=O)[C@@H](Cc1ccccc1)N(Cc1ccc(Cl)c(Cl)c1)C(=O)CN(c1ccc(Cl)cc1C)S(=O)(=O)c1ccc(C)cc1. The number of hydrogen-bond donors (Lipinski definition) is 1. The molecular formula is C36H38Cl3N3O4S. The fraction of sp³-hybridized carbons (Fsp3) is 0.278. The predicted molar refractivity (Wildman–Crippen MR) is 191 cm³/mol. The van der Waals surface area contributed by atoms with Crippen molar-refractivity contribution >= 4 is 62.3 Å². The first-order valence-corrected chi connectivity index (χ1v) is 17.8. The number of nitrogens with one attached hydrogen (secondary N) is 1. The van der Waals surface area contributed by atoms with Gasteiger partial charge in [-0.15, -0.1) is 0 Å². The van der Waals surface area contributed by atoms with E-state index in [1.807, 2.05) is 51.1 Å². The van der Waals surface area contributed by atoms with Gasteiger partial charge in [0.05, 0.1) is 20.6 Å². The number of carbonyl (C=O) groups is 2. The maximum Gasteiger partial charge on any atom is 0.264 e. The molecule has 2 amide bonds. The molecule has 11 heteroatoms. The number of aryl methyl sites for hydroxylation is 2. The number of sulfonamides is 1. The molecule has 0 saturated heterocycles. The summed E-state index contributed by atoms with van der Waals surface area (Å²) in [6.07, 6.45) is 0.879. The Morgan fingerprint density at radius 3 is 2.13 bits per heavy atom. The van der Waals surface area contributed by atoms with E-state index in [-0.39, 0.29) is 29.8 Å². The number of anilines is 1. The highest BCUT2D eigenvalue weighted by Crippen LogP contribution is 2.30. The molecule has 0 spiro atoms. The van der Waals surface area contributed by atoms with Gasteiger partial charge in [-0.05, 0) is 86.3 Å². The van der Waals surface area contributed by atoms with Gasteiger partial charge in [0.2, 0.25) is 11.8 Å². The molecule has 0 aliphatic carbocycles. The van der Waals surface area contributed by atoms with Crippen molar-refractivity contribution in [2.24, 2.45) is 0 Å². The normalized spacial score (nSPS) is 12.7. The van der Waals surface area contributed by atoms with Crippen LogP contribution in [-0.2, 0) is 32.6 Å². The standard InChI is InChI=1S/C36H38Cl3N3O4S/c1-5-26(4)40-36(44)34(21-27-9-7-6-8-10-27)41(22-28-13-17-31(38)32(39)20-28)35(43)23-42(33-18-14-29(37)19-25(33)3)47(45,46)30-15-11-24(2)12-16-30/h6-20,26,34H,5,21-23H2,1-4H3,(H,40,44)/t26-,34-/m1/s1. The van der Waals surface area contributed by atoms with Crippen LogP contribution < -0.4 is 9.62 Å². The lowest BCUT2D eigenvalue weighted by atomic mass is 10.0. The Morgan fingerprint density at radius 2 is 1.51 bits per heavy atom. The Morgan fingerprint density at radius 1 is 0.830 bits per heavy atom. The van der Waals surface area contributed by atoms with Gasteiger partial charge in [0.1, 0.15) is 12.6 Å². The van der Waals surface area contributed by atoms with Gasteiger partial charge in [-0.25, -0.2) is 8.42 Å². The molecule has 0 aliphatic heterocycles. The number of amides is 2. The number of halogens is 3. The molecule has 0 bridgehead atoms. The fourth-order valence-electron chi connectivity index (χ4n) is 5.08. The third-order valence-electron chi connectivity index (χ3n) is 7.92. The van der Waals surface area contributed by atoms with E-state index in [4.69, 9.17) is 34.8 Å². The molecule has 0 saturated carbocycles. The molecule has 4 aromatic carbocycles. The Bertz CT molecular complexity index is 1820. The van der Waals surface area contributed by atoms with Crippen molar-refractivity contribution in [2.75, 3.05) is 10.8 Å². The van der Waals surface area contributed by atoms with Gasteiger partial charge < -0.3 is 10.2 Å². The molecule has 4 aromatic rings. The van der Waals surface area contributed by atoms with Crippen LogP contribution >= 0.6 is 34.8 Å². The zero-order valence-corrected chi connectivity index (χ0v) is 29.8. The molecule has 0 aromatic heterocycles. The molecule has 0 radical (unpaired) electrons. The molecular weight excluding hydrogens is 677 g/mol. The third kappa shape index (κ3) is 9.29. The summed E-state index contributed by atoms with van der Waals surface area (Å²) in [5.41, 5.74) is 3.20. The van der Waals surface area contributed by atoms with Crippen LogP contribution in [0.3, 0.4) is 0 Å². The number of hydrogen-bond acceptors (Lipinski definition) is 4. The second-order valence-electron chi connectivity index (χ2n) is 11.5. The van der Waals surface area contributed by atoms with Crippen molar-refractivity contribution in [3.05, 3.63) is 128 Å².